The molecule has 2 aromatic rings. The molecule has 1 heterocycles. The molecular formula is C14H12BrClFN3O. The first-order chi connectivity index (χ1) is 10.0. The van der Waals surface area contributed by atoms with Gasteiger partial charge in [-0.25, -0.2) is 9.37 Å². The molecule has 110 valence electrons. The van der Waals surface area contributed by atoms with Crippen molar-refractivity contribution in [3.8, 4) is 0 Å². The second kappa shape index (κ2) is 6.87. The predicted octanol–water partition coefficient (Wildman–Crippen LogP) is 4.32. The van der Waals surface area contributed by atoms with Crippen molar-refractivity contribution in [1.29, 1.82) is 0 Å². The van der Waals surface area contributed by atoms with Crippen LogP contribution in [0.5, 0.6) is 0 Å². The molecule has 0 radical (unpaired) electrons. The van der Waals surface area contributed by atoms with Crippen molar-refractivity contribution in [2.75, 3.05) is 17.2 Å². The fourth-order valence-corrected chi connectivity index (χ4v) is 2.24. The van der Waals surface area contributed by atoms with E-state index in [1.807, 2.05) is 6.92 Å². The van der Waals surface area contributed by atoms with Gasteiger partial charge in [-0.05, 0) is 31.2 Å². The van der Waals surface area contributed by atoms with Crippen LogP contribution in [0.3, 0.4) is 0 Å². The minimum atomic E-state index is -0.519. The van der Waals surface area contributed by atoms with Crippen LogP contribution in [-0.2, 0) is 0 Å². The van der Waals surface area contributed by atoms with E-state index in [9.17, 15) is 9.18 Å². The lowest BCUT2D eigenvalue weighted by Crippen LogP contribution is -2.14. The molecule has 0 fully saturated rings. The maximum atomic E-state index is 13.6. The zero-order valence-electron chi connectivity index (χ0n) is 11.1. The van der Waals surface area contributed by atoms with Crippen LogP contribution in [0, 0.1) is 5.82 Å². The molecule has 1 amide bonds. The lowest BCUT2D eigenvalue weighted by molar-refractivity contribution is 0.102. The molecule has 0 aliphatic heterocycles. The molecule has 0 atom stereocenters. The Morgan fingerprint density at radius 1 is 1.43 bits per heavy atom. The average Bonchev–Trinajstić information content (AvgIpc) is 2.45. The average molecular weight is 373 g/mol. The Morgan fingerprint density at radius 2 is 2.19 bits per heavy atom. The first-order valence-electron chi connectivity index (χ1n) is 6.17. The summed E-state index contributed by atoms with van der Waals surface area (Å²) < 4.78 is 14.3. The van der Waals surface area contributed by atoms with Crippen LogP contribution in [0.1, 0.15) is 17.3 Å². The summed E-state index contributed by atoms with van der Waals surface area (Å²) in [5.74, 6) is -0.497. The van der Waals surface area contributed by atoms with Crippen LogP contribution in [0.2, 0.25) is 5.02 Å². The van der Waals surface area contributed by atoms with Gasteiger partial charge in [0.15, 0.2) is 0 Å². The molecule has 0 aliphatic carbocycles. The van der Waals surface area contributed by atoms with Crippen LogP contribution in [-0.4, -0.2) is 17.4 Å². The van der Waals surface area contributed by atoms with E-state index in [4.69, 9.17) is 11.6 Å². The van der Waals surface area contributed by atoms with Crippen molar-refractivity contribution in [2.45, 2.75) is 6.92 Å². The van der Waals surface area contributed by atoms with E-state index in [1.54, 1.807) is 6.07 Å². The van der Waals surface area contributed by atoms with Gasteiger partial charge < -0.3 is 10.6 Å². The molecule has 0 bridgehead atoms. The molecule has 1 aromatic carbocycles. The van der Waals surface area contributed by atoms with E-state index in [-0.39, 0.29) is 11.3 Å². The molecule has 1 aromatic heterocycles. The molecule has 0 spiro atoms. The van der Waals surface area contributed by atoms with Crippen molar-refractivity contribution in [1.82, 2.24) is 4.98 Å². The lowest BCUT2D eigenvalue weighted by Gasteiger charge is -2.09. The van der Waals surface area contributed by atoms with E-state index in [0.717, 1.165) is 0 Å². The monoisotopic (exact) mass is 371 g/mol. The van der Waals surface area contributed by atoms with Gasteiger partial charge in [-0.2, -0.15) is 0 Å². The molecule has 0 saturated carbocycles. The number of carbonyl (C=O) groups excluding carboxylic acids is 1. The molecule has 0 saturated heterocycles. The summed E-state index contributed by atoms with van der Waals surface area (Å²) in [6.45, 7) is 2.58. The summed E-state index contributed by atoms with van der Waals surface area (Å²) >= 11 is 9.25. The molecule has 0 aliphatic rings. The van der Waals surface area contributed by atoms with Crippen molar-refractivity contribution in [3.63, 3.8) is 0 Å². The SMILES string of the molecule is CCNc1ncc(C(=O)Nc2cc(Br)ccc2F)cc1Cl. The van der Waals surface area contributed by atoms with E-state index in [0.29, 0.717) is 21.9 Å². The molecule has 7 heteroatoms. The van der Waals surface area contributed by atoms with Gasteiger partial charge in [0.1, 0.15) is 11.6 Å². The number of aromatic nitrogens is 1. The zero-order chi connectivity index (χ0) is 15.4. The summed E-state index contributed by atoms with van der Waals surface area (Å²) in [6, 6.07) is 5.78. The number of anilines is 2. The smallest absolute Gasteiger partial charge is 0.257 e. The van der Waals surface area contributed by atoms with Crippen molar-refractivity contribution >= 4 is 44.9 Å². The number of hydrogen-bond donors (Lipinski definition) is 2. The van der Waals surface area contributed by atoms with Crippen molar-refractivity contribution in [2.24, 2.45) is 0 Å². The molecule has 2 N–H and O–H groups in total. The highest BCUT2D eigenvalue weighted by Crippen LogP contribution is 2.23. The highest BCUT2D eigenvalue weighted by atomic mass is 79.9. The number of hydrogen-bond acceptors (Lipinski definition) is 3. The van der Waals surface area contributed by atoms with E-state index in [1.165, 1.54) is 24.4 Å². The van der Waals surface area contributed by atoms with Crippen LogP contribution in [0.4, 0.5) is 15.9 Å². The predicted molar refractivity (Wildman–Crippen MR) is 85.5 cm³/mol. The first kappa shape index (κ1) is 15.7. The number of pyridine rings is 1. The van der Waals surface area contributed by atoms with Gasteiger partial charge in [0.05, 0.1) is 16.3 Å². The highest BCUT2D eigenvalue weighted by molar-refractivity contribution is 9.10. The van der Waals surface area contributed by atoms with Crippen LogP contribution in [0.15, 0.2) is 34.9 Å². The van der Waals surface area contributed by atoms with Crippen LogP contribution >= 0.6 is 27.5 Å². The molecule has 0 unspecified atom stereocenters. The molecule has 4 nitrogen and oxygen atoms in total. The van der Waals surface area contributed by atoms with Crippen molar-refractivity contribution < 1.29 is 9.18 Å². The summed E-state index contributed by atoms with van der Waals surface area (Å²) in [4.78, 5) is 16.2. The van der Waals surface area contributed by atoms with Gasteiger partial charge in [-0.15, -0.1) is 0 Å². The van der Waals surface area contributed by atoms with Gasteiger partial charge in [0, 0.05) is 17.2 Å². The Labute approximate surface area is 134 Å². The summed E-state index contributed by atoms with van der Waals surface area (Å²) in [6.07, 6.45) is 1.38. The molecule has 2 rings (SSSR count). The Morgan fingerprint density at radius 3 is 2.86 bits per heavy atom. The minimum absolute atomic E-state index is 0.0845. The quantitative estimate of drug-likeness (QED) is 0.840. The van der Waals surface area contributed by atoms with Crippen LogP contribution in [0.25, 0.3) is 0 Å². The number of nitrogens with one attached hydrogen (secondary N) is 2. The number of nitrogens with zero attached hydrogens (tertiary/aromatic N) is 1. The number of rotatable bonds is 4. The minimum Gasteiger partial charge on any atom is -0.369 e. The van der Waals surface area contributed by atoms with E-state index in [2.05, 4.69) is 31.5 Å². The maximum absolute atomic E-state index is 13.6. The first-order valence-corrected chi connectivity index (χ1v) is 7.34. The largest absolute Gasteiger partial charge is 0.369 e. The Hall–Kier alpha value is -1.66. The number of amides is 1. The van der Waals surface area contributed by atoms with E-state index < -0.39 is 11.7 Å². The van der Waals surface area contributed by atoms with Gasteiger partial charge >= 0.3 is 0 Å². The van der Waals surface area contributed by atoms with Gasteiger partial charge in [-0.1, -0.05) is 27.5 Å². The Balaban J connectivity index is 2.20. The summed E-state index contributed by atoms with van der Waals surface area (Å²) in [5.41, 5.74) is 0.335. The fourth-order valence-electron chi connectivity index (χ4n) is 1.65. The highest BCUT2D eigenvalue weighted by Gasteiger charge is 2.12. The zero-order valence-corrected chi connectivity index (χ0v) is 13.4. The van der Waals surface area contributed by atoms with E-state index >= 15 is 0 Å². The molecule has 21 heavy (non-hydrogen) atoms. The van der Waals surface area contributed by atoms with Gasteiger partial charge in [0.2, 0.25) is 0 Å². The third-order valence-corrected chi connectivity index (χ3v) is 3.41. The second-order valence-electron chi connectivity index (χ2n) is 4.16. The number of carbonyl (C=O) groups is 1. The van der Waals surface area contributed by atoms with Gasteiger partial charge in [0.25, 0.3) is 5.91 Å². The summed E-state index contributed by atoms with van der Waals surface area (Å²) in [5, 5.41) is 5.78. The Bertz CT molecular complexity index is 681. The van der Waals surface area contributed by atoms with Gasteiger partial charge in [-0.3, -0.25) is 4.79 Å². The third-order valence-electron chi connectivity index (χ3n) is 2.62. The lowest BCUT2D eigenvalue weighted by atomic mass is 10.2. The second-order valence-corrected chi connectivity index (χ2v) is 5.49. The standard InChI is InChI=1S/C14H12BrClFN3O/c1-2-18-13-10(16)5-8(7-19-13)14(21)20-12-6-9(15)3-4-11(12)17/h3-7H,2H2,1H3,(H,18,19)(H,20,21). The topological polar surface area (TPSA) is 54.0 Å². The fraction of sp³-hybridized carbons (Fsp3) is 0.143. The summed E-state index contributed by atoms with van der Waals surface area (Å²) in [7, 11) is 0. The maximum Gasteiger partial charge on any atom is 0.257 e. The Kier molecular flexibility index (Phi) is 5.14. The normalized spacial score (nSPS) is 10.3. The number of halogens is 3. The number of benzene rings is 1. The van der Waals surface area contributed by atoms with Crippen LogP contribution < -0.4 is 10.6 Å². The molecular weight excluding hydrogens is 361 g/mol. The third kappa shape index (κ3) is 3.92. The van der Waals surface area contributed by atoms with Crippen molar-refractivity contribution in [3.05, 3.63) is 51.3 Å².